The Hall–Kier alpha value is -3.65. The summed E-state index contributed by atoms with van der Waals surface area (Å²) in [6, 6.07) is 15.2. The fraction of sp³-hybridized carbons (Fsp3) is 0.452. The lowest BCUT2D eigenvalue weighted by atomic mass is 9.93. The van der Waals surface area contributed by atoms with Gasteiger partial charge in [-0.3, -0.25) is 9.59 Å². The van der Waals surface area contributed by atoms with Gasteiger partial charge in [-0.05, 0) is 77.4 Å². The fourth-order valence-corrected chi connectivity index (χ4v) is 4.48. The van der Waals surface area contributed by atoms with E-state index in [1.165, 1.54) is 4.90 Å². The summed E-state index contributed by atoms with van der Waals surface area (Å²) in [5.74, 6) is -1.10. The predicted molar refractivity (Wildman–Crippen MR) is 153 cm³/mol. The van der Waals surface area contributed by atoms with Crippen LogP contribution in [0.4, 0.5) is 0 Å². The molecule has 0 aliphatic rings. The summed E-state index contributed by atoms with van der Waals surface area (Å²) < 4.78 is 11.2. The number of H-pyrrole nitrogens is 1. The molecular formula is C31H41N3O5. The monoisotopic (exact) mass is 535 g/mol. The Balaban J connectivity index is 1.69. The number of hydrogen-bond donors (Lipinski definition) is 1. The third kappa shape index (κ3) is 9.25. The molecule has 3 aromatic rings. The van der Waals surface area contributed by atoms with E-state index in [0.29, 0.717) is 18.6 Å². The van der Waals surface area contributed by atoms with E-state index in [4.69, 9.17) is 9.47 Å². The Morgan fingerprint density at radius 1 is 0.949 bits per heavy atom. The molecule has 0 saturated heterocycles. The minimum Gasteiger partial charge on any atom is -0.460 e. The zero-order chi connectivity index (χ0) is 28.6. The Morgan fingerprint density at radius 2 is 1.67 bits per heavy atom. The molecule has 0 bridgehead atoms. The number of benzene rings is 2. The maximum absolute atomic E-state index is 13.5. The normalized spacial score (nSPS) is 12.4. The molecule has 210 valence electrons. The highest BCUT2D eigenvalue weighted by Crippen LogP contribution is 2.29. The van der Waals surface area contributed by atoms with Crippen molar-refractivity contribution in [1.82, 2.24) is 14.8 Å². The van der Waals surface area contributed by atoms with Gasteiger partial charge in [0.05, 0.1) is 0 Å². The van der Waals surface area contributed by atoms with Crippen molar-refractivity contribution in [3.05, 3.63) is 65.9 Å². The topological polar surface area (TPSA) is 91.9 Å². The zero-order valence-electron chi connectivity index (χ0n) is 24.0. The van der Waals surface area contributed by atoms with Crippen LogP contribution in [0.3, 0.4) is 0 Å². The number of nitrogens with one attached hydrogen (secondary N) is 1. The lowest BCUT2D eigenvalue weighted by molar-refractivity contribution is -0.155. The third-order valence-corrected chi connectivity index (χ3v) is 6.33. The van der Waals surface area contributed by atoms with Gasteiger partial charge in [0.2, 0.25) is 5.91 Å². The second-order valence-corrected chi connectivity index (χ2v) is 11.2. The Bertz CT molecular complexity index is 1260. The summed E-state index contributed by atoms with van der Waals surface area (Å²) >= 11 is 0. The number of likely N-dealkylation sites (N-methyl/N-ethyl adjacent to an activating group) is 2. The van der Waals surface area contributed by atoms with Gasteiger partial charge < -0.3 is 24.3 Å². The molecule has 8 heteroatoms. The van der Waals surface area contributed by atoms with Crippen molar-refractivity contribution >= 4 is 28.7 Å². The minimum atomic E-state index is -0.592. The summed E-state index contributed by atoms with van der Waals surface area (Å²) in [5.41, 5.74) is 2.35. The highest BCUT2D eigenvalue weighted by atomic mass is 16.6. The summed E-state index contributed by atoms with van der Waals surface area (Å²) in [6.45, 7) is 6.10. The molecule has 1 atom stereocenters. The van der Waals surface area contributed by atoms with Crippen molar-refractivity contribution in [2.24, 2.45) is 5.92 Å². The van der Waals surface area contributed by atoms with Gasteiger partial charge in [0.15, 0.2) is 0 Å². The number of aromatic nitrogens is 1. The maximum Gasteiger partial charge on any atom is 0.331 e. The van der Waals surface area contributed by atoms with E-state index >= 15 is 0 Å². The Labute approximate surface area is 231 Å². The fourth-order valence-electron chi connectivity index (χ4n) is 4.48. The molecule has 1 aromatic heterocycles. The maximum atomic E-state index is 13.5. The van der Waals surface area contributed by atoms with Crippen molar-refractivity contribution < 1.29 is 23.9 Å². The Morgan fingerprint density at radius 3 is 2.33 bits per heavy atom. The third-order valence-electron chi connectivity index (χ3n) is 6.33. The molecule has 1 heterocycles. The molecule has 2 aromatic carbocycles. The second kappa shape index (κ2) is 13.4. The van der Waals surface area contributed by atoms with Crippen LogP contribution in [-0.2, 0) is 32.0 Å². The average molecular weight is 536 g/mol. The van der Waals surface area contributed by atoms with Crippen molar-refractivity contribution in [1.29, 1.82) is 0 Å². The Kier molecular flexibility index (Phi) is 10.3. The van der Waals surface area contributed by atoms with Crippen molar-refractivity contribution in [3.63, 3.8) is 0 Å². The van der Waals surface area contributed by atoms with Crippen LogP contribution in [0.1, 0.15) is 44.7 Å². The predicted octanol–water partition coefficient (Wildman–Crippen LogP) is 4.62. The summed E-state index contributed by atoms with van der Waals surface area (Å²) in [5, 5.41) is 0.876. The highest BCUT2D eigenvalue weighted by molar-refractivity contribution is 5.92. The number of ether oxygens (including phenoxy) is 2. The van der Waals surface area contributed by atoms with Crippen LogP contribution in [0.15, 0.2) is 54.7 Å². The van der Waals surface area contributed by atoms with Crippen LogP contribution in [0.25, 0.3) is 10.9 Å². The lowest BCUT2D eigenvalue weighted by Gasteiger charge is -2.24. The number of amides is 1. The molecule has 0 unspecified atom stereocenters. The first-order valence-electron chi connectivity index (χ1n) is 13.4. The highest BCUT2D eigenvalue weighted by Gasteiger charge is 2.27. The summed E-state index contributed by atoms with van der Waals surface area (Å²) in [7, 11) is 5.62. The molecule has 0 radical (unpaired) electrons. The van der Waals surface area contributed by atoms with Crippen LogP contribution in [-0.4, -0.2) is 72.5 Å². The molecule has 39 heavy (non-hydrogen) atoms. The number of carbonyl (C=O) groups is 3. The molecule has 1 amide bonds. The number of aromatic amines is 1. The largest absolute Gasteiger partial charge is 0.460 e. The van der Waals surface area contributed by atoms with Gasteiger partial charge in [0, 0.05) is 43.0 Å². The quantitative estimate of drug-likeness (QED) is 0.269. The van der Waals surface area contributed by atoms with Crippen molar-refractivity contribution in [2.45, 2.75) is 52.1 Å². The van der Waals surface area contributed by atoms with Gasteiger partial charge in [-0.2, -0.15) is 0 Å². The summed E-state index contributed by atoms with van der Waals surface area (Å²) in [4.78, 5) is 45.5. The number of hydrogen-bond acceptors (Lipinski definition) is 6. The molecule has 1 N–H and O–H groups in total. The van der Waals surface area contributed by atoms with Crippen LogP contribution < -0.4 is 4.74 Å². The smallest absolute Gasteiger partial charge is 0.331 e. The van der Waals surface area contributed by atoms with E-state index in [1.54, 1.807) is 13.1 Å². The SMILES string of the molecule is CN(C)CCc1c[nH]c2cccc(OC(=O)CN(C)C(=O)[C@@H](CCC(=O)OC(C)(C)C)Cc3ccccc3)c12. The number of nitrogens with zero attached hydrogens (tertiary/aromatic N) is 2. The first-order valence-corrected chi connectivity index (χ1v) is 13.4. The minimum absolute atomic E-state index is 0.115. The van der Waals surface area contributed by atoms with E-state index in [2.05, 4.69) is 9.88 Å². The molecule has 0 aliphatic carbocycles. The van der Waals surface area contributed by atoms with Crippen LogP contribution in [0.2, 0.25) is 0 Å². The second-order valence-electron chi connectivity index (χ2n) is 11.2. The van der Waals surface area contributed by atoms with Gasteiger partial charge in [-0.1, -0.05) is 36.4 Å². The first kappa shape index (κ1) is 29.9. The van der Waals surface area contributed by atoms with Gasteiger partial charge in [0.1, 0.15) is 17.9 Å². The van der Waals surface area contributed by atoms with Crippen LogP contribution >= 0.6 is 0 Å². The molecule has 0 spiro atoms. The molecule has 8 nitrogen and oxygen atoms in total. The number of fused-ring (bicyclic) bond motifs is 1. The van der Waals surface area contributed by atoms with E-state index < -0.39 is 17.5 Å². The van der Waals surface area contributed by atoms with Crippen molar-refractivity contribution in [3.8, 4) is 5.75 Å². The standard InChI is InChI=1S/C31H41N3O5/c1-31(2,3)39-27(35)16-15-23(19-22-11-8-7-9-12-22)30(37)34(6)21-28(36)38-26-14-10-13-25-29(26)24(20-32-25)17-18-33(4)5/h7-14,20,23,32H,15-19,21H2,1-6H3/t23-/m0/s1. The molecule has 0 aliphatic heterocycles. The molecule has 3 rings (SSSR count). The molecule has 0 saturated carbocycles. The number of carbonyl (C=O) groups excluding carboxylic acids is 3. The molecular weight excluding hydrogens is 494 g/mol. The zero-order valence-corrected chi connectivity index (χ0v) is 24.0. The summed E-state index contributed by atoms with van der Waals surface area (Å²) in [6.07, 6.45) is 3.64. The molecule has 0 fully saturated rings. The lowest BCUT2D eigenvalue weighted by Crippen LogP contribution is -2.39. The van der Waals surface area contributed by atoms with Gasteiger partial charge in [-0.15, -0.1) is 0 Å². The number of rotatable bonds is 12. The van der Waals surface area contributed by atoms with E-state index in [-0.39, 0.29) is 24.8 Å². The van der Waals surface area contributed by atoms with E-state index in [9.17, 15) is 14.4 Å². The van der Waals surface area contributed by atoms with Crippen molar-refractivity contribution in [2.75, 3.05) is 34.2 Å². The van der Waals surface area contributed by atoms with Gasteiger partial charge in [-0.25, -0.2) is 4.79 Å². The first-order chi connectivity index (χ1) is 18.4. The van der Waals surface area contributed by atoms with E-state index in [1.807, 2.05) is 83.5 Å². The van der Waals surface area contributed by atoms with Gasteiger partial charge in [0.25, 0.3) is 0 Å². The average Bonchev–Trinajstić information content (AvgIpc) is 3.28. The van der Waals surface area contributed by atoms with Crippen LogP contribution in [0.5, 0.6) is 5.75 Å². The number of esters is 2. The van der Waals surface area contributed by atoms with E-state index in [0.717, 1.165) is 35.0 Å². The van der Waals surface area contributed by atoms with Gasteiger partial charge >= 0.3 is 11.9 Å². The van der Waals surface area contributed by atoms with Crippen LogP contribution in [0, 0.1) is 5.92 Å².